The van der Waals surface area contributed by atoms with Crippen molar-refractivity contribution in [2.75, 3.05) is 13.2 Å². The van der Waals surface area contributed by atoms with Gasteiger partial charge in [-0.3, -0.25) is 4.90 Å². The summed E-state index contributed by atoms with van der Waals surface area (Å²) in [6.45, 7) is 10.6. The molecule has 1 atom stereocenters. The van der Waals surface area contributed by atoms with E-state index in [4.69, 9.17) is 14.6 Å². The number of hydrogen-bond acceptors (Lipinski definition) is 5. The number of ether oxygens (including phenoxy) is 2. The molecule has 21 heavy (non-hydrogen) atoms. The van der Waals surface area contributed by atoms with Gasteiger partial charge in [0, 0.05) is 6.54 Å². The summed E-state index contributed by atoms with van der Waals surface area (Å²) in [5, 5.41) is 8.98. The Morgan fingerprint density at radius 1 is 1.19 bits per heavy atom. The number of aliphatic hydroxyl groups is 1. The van der Waals surface area contributed by atoms with Crippen LogP contribution in [0.15, 0.2) is 11.6 Å². The zero-order chi connectivity index (χ0) is 16.4. The van der Waals surface area contributed by atoms with Crippen LogP contribution in [0.25, 0.3) is 0 Å². The number of amides is 1. The first kappa shape index (κ1) is 17.5. The smallest absolute Gasteiger partial charge is 0.411 e. The van der Waals surface area contributed by atoms with Crippen molar-refractivity contribution in [2.45, 2.75) is 58.8 Å². The van der Waals surface area contributed by atoms with Gasteiger partial charge in [-0.25, -0.2) is 9.59 Å². The minimum Gasteiger partial charge on any atom is -0.458 e. The Bertz CT molecular complexity index is 442. The highest BCUT2D eigenvalue weighted by molar-refractivity contribution is 5.88. The highest BCUT2D eigenvalue weighted by Crippen LogP contribution is 2.28. The van der Waals surface area contributed by atoms with Crippen molar-refractivity contribution in [2.24, 2.45) is 0 Å². The molecule has 1 amide bonds. The molecule has 0 aromatic heterocycles. The SMILES string of the molecule is CC(C)(C)OC(=O)C1/C(=C/CO)CN1C(=O)OC(C)(C)C. The van der Waals surface area contributed by atoms with E-state index in [0.29, 0.717) is 5.57 Å². The Morgan fingerprint density at radius 3 is 2.14 bits per heavy atom. The van der Waals surface area contributed by atoms with Gasteiger partial charge in [0.25, 0.3) is 0 Å². The third-order valence-corrected chi connectivity index (χ3v) is 2.63. The summed E-state index contributed by atoms with van der Waals surface area (Å²) < 4.78 is 10.6. The highest BCUT2D eigenvalue weighted by atomic mass is 16.6. The predicted molar refractivity (Wildman–Crippen MR) is 77.7 cm³/mol. The fourth-order valence-electron chi connectivity index (χ4n) is 1.88. The lowest BCUT2D eigenvalue weighted by Gasteiger charge is -2.42. The topological polar surface area (TPSA) is 76.1 Å². The van der Waals surface area contributed by atoms with E-state index in [1.807, 2.05) is 0 Å². The van der Waals surface area contributed by atoms with Crippen LogP contribution in [-0.4, -0.2) is 52.5 Å². The van der Waals surface area contributed by atoms with Gasteiger partial charge in [-0.1, -0.05) is 6.08 Å². The monoisotopic (exact) mass is 299 g/mol. The van der Waals surface area contributed by atoms with Crippen molar-refractivity contribution in [1.29, 1.82) is 0 Å². The lowest BCUT2D eigenvalue weighted by molar-refractivity contribution is -0.162. The maximum absolute atomic E-state index is 12.2. The number of esters is 1. The minimum atomic E-state index is -0.814. The number of likely N-dealkylation sites (tertiary alicyclic amines) is 1. The zero-order valence-corrected chi connectivity index (χ0v) is 13.6. The molecular formula is C15H25NO5. The molecule has 0 radical (unpaired) electrons. The van der Waals surface area contributed by atoms with Crippen LogP contribution in [-0.2, 0) is 14.3 Å². The summed E-state index contributed by atoms with van der Waals surface area (Å²) in [5.74, 6) is -0.515. The third kappa shape index (κ3) is 5.04. The first-order valence-corrected chi connectivity index (χ1v) is 6.97. The van der Waals surface area contributed by atoms with Gasteiger partial charge in [0.1, 0.15) is 11.2 Å². The van der Waals surface area contributed by atoms with E-state index in [1.54, 1.807) is 41.5 Å². The fourth-order valence-corrected chi connectivity index (χ4v) is 1.88. The molecule has 1 aliphatic rings. The van der Waals surface area contributed by atoms with E-state index in [1.165, 1.54) is 11.0 Å². The van der Waals surface area contributed by atoms with Crippen molar-refractivity contribution in [3.05, 3.63) is 11.6 Å². The normalized spacial score (nSPS) is 21.0. The van der Waals surface area contributed by atoms with Crippen LogP contribution < -0.4 is 0 Å². The second-order valence-corrected chi connectivity index (χ2v) is 7.01. The maximum Gasteiger partial charge on any atom is 0.411 e. The van der Waals surface area contributed by atoms with Gasteiger partial charge >= 0.3 is 12.1 Å². The van der Waals surface area contributed by atoms with Crippen LogP contribution in [0.1, 0.15) is 41.5 Å². The molecule has 0 bridgehead atoms. The van der Waals surface area contributed by atoms with E-state index >= 15 is 0 Å². The van der Waals surface area contributed by atoms with Gasteiger partial charge in [0.15, 0.2) is 6.04 Å². The van der Waals surface area contributed by atoms with E-state index in [9.17, 15) is 9.59 Å². The lowest BCUT2D eigenvalue weighted by atomic mass is 9.95. The number of rotatable bonds is 2. The Balaban J connectivity index is 2.85. The summed E-state index contributed by atoms with van der Waals surface area (Å²) in [6.07, 6.45) is 0.962. The molecular weight excluding hydrogens is 274 g/mol. The largest absolute Gasteiger partial charge is 0.458 e. The number of nitrogens with zero attached hydrogens (tertiary/aromatic N) is 1. The van der Waals surface area contributed by atoms with Gasteiger partial charge in [-0.2, -0.15) is 0 Å². The van der Waals surface area contributed by atoms with E-state index in [-0.39, 0.29) is 13.2 Å². The average molecular weight is 299 g/mol. The molecule has 0 aromatic rings. The summed E-state index contributed by atoms with van der Waals surface area (Å²) in [4.78, 5) is 25.6. The van der Waals surface area contributed by atoms with Gasteiger partial charge in [-0.15, -0.1) is 0 Å². The van der Waals surface area contributed by atoms with Gasteiger partial charge < -0.3 is 14.6 Å². The van der Waals surface area contributed by atoms with Crippen molar-refractivity contribution < 1.29 is 24.2 Å². The molecule has 6 nitrogen and oxygen atoms in total. The van der Waals surface area contributed by atoms with Crippen LogP contribution in [0.4, 0.5) is 4.79 Å². The number of carbonyl (C=O) groups is 2. The highest BCUT2D eigenvalue weighted by Gasteiger charge is 2.45. The molecule has 1 unspecified atom stereocenters. The van der Waals surface area contributed by atoms with E-state index in [0.717, 1.165) is 0 Å². The zero-order valence-electron chi connectivity index (χ0n) is 13.6. The Labute approximate surface area is 125 Å². The average Bonchev–Trinajstić information content (AvgIpc) is 2.17. The van der Waals surface area contributed by atoms with E-state index in [2.05, 4.69) is 0 Å². The number of hydrogen-bond donors (Lipinski definition) is 1. The Hall–Kier alpha value is -1.56. The fraction of sp³-hybridized carbons (Fsp3) is 0.733. The molecule has 1 N–H and O–H groups in total. The molecule has 0 aromatic carbocycles. The van der Waals surface area contributed by atoms with Crippen LogP contribution in [0.5, 0.6) is 0 Å². The third-order valence-electron chi connectivity index (χ3n) is 2.63. The quantitative estimate of drug-likeness (QED) is 0.622. The van der Waals surface area contributed by atoms with Crippen LogP contribution in [0, 0.1) is 0 Å². The molecule has 1 fully saturated rings. The molecule has 0 saturated carbocycles. The number of aliphatic hydroxyl groups excluding tert-OH is 1. The Kier molecular flexibility index (Phi) is 5.04. The van der Waals surface area contributed by atoms with Gasteiger partial charge in [0.05, 0.1) is 6.61 Å². The molecule has 0 aliphatic carbocycles. The molecule has 1 saturated heterocycles. The number of carbonyl (C=O) groups excluding carboxylic acids is 2. The first-order chi connectivity index (χ1) is 9.44. The Morgan fingerprint density at radius 2 is 1.71 bits per heavy atom. The van der Waals surface area contributed by atoms with E-state index < -0.39 is 29.3 Å². The predicted octanol–water partition coefficient (Wildman–Crippen LogP) is 1.87. The van der Waals surface area contributed by atoms with Gasteiger partial charge in [-0.05, 0) is 47.1 Å². The lowest BCUT2D eigenvalue weighted by Crippen LogP contribution is -2.59. The van der Waals surface area contributed by atoms with Crippen molar-refractivity contribution in [3.8, 4) is 0 Å². The van der Waals surface area contributed by atoms with Crippen molar-refractivity contribution in [1.82, 2.24) is 4.90 Å². The molecule has 6 heteroatoms. The molecule has 1 heterocycles. The molecule has 0 spiro atoms. The molecule has 1 rings (SSSR count). The van der Waals surface area contributed by atoms with Crippen LogP contribution in [0.3, 0.4) is 0 Å². The summed E-state index contributed by atoms with van der Waals surface area (Å²) >= 11 is 0. The van der Waals surface area contributed by atoms with Crippen LogP contribution in [0.2, 0.25) is 0 Å². The van der Waals surface area contributed by atoms with Gasteiger partial charge in [0.2, 0.25) is 0 Å². The van der Waals surface area contributed by atoms with Crippen molar-refractivity contribution >= 4 is 12.1 Å². The second kappa shape index (κ2) is 6.05. The standard InChI is InChI=1S/C15H25NO5/c1-14(2,3)20-12(18)11-10(7-8-17)9-16(11)13(19)21-15(4,5)6/h7,11,17H,8-9H2,1-6H3/b10-7+. The van der Waals surface area contributed by atoms with Crippen LogP contribution >= 0.6 is 0 Å². The molecule has 120 valence electrons. The summed E-state index contributed by atoms with van der Waals surface area (Å²) in [7, 11) is 0. The second-order valence-electron chi connectivity index (χ2n) is 7.01. The minimum absolute atomic E-state index is 0.184. The maximum atomic E-state index is 12.2. The molecule has 1 aliphatic heterocycles. The van der Waals surface area contributed by atoms with Crippen molar-refractivity contribution in [3.63, 3.8) is 0 Å². The first-order valence-electron chi connectivity index (χ1n) is 6.97. The summed E-state index contributed by atoms with van der Waals surface area (Å²) in [6, 6.07) is -0.814. The summed E-state index contributed by atoms with van der Waals surface area (Å²) in [5.41, 5.74) is -0.611.